The van der Waals surface area contributed by atoms with Crippen LogP contribution in [0.1, 0.15) is 25.5 Å². The number of aliphatic hydroxyl groups is 1. The lowest BCUT2D eigenvalue weighted by Crippen LogP contribution is -2.40. The van der Waals surface area contributed by atoms with Gasteiger partial charge in [-0.25, -0.2) is 0 Å². The Balaban J connectivity index is 2.20. The maximum absolute atomic E-state index is 8.97. The van der Waals surface area contributed by atoms with Crippen LogP contribution in [0.5, 0.6) is 0 Å². The van der Waals surface area contributed by atoms with Crippen LogP contribution >= 0.6 is 11.8 Å². The third-order valence-corrected chi connectivity index (χ3v) is 3.55. The third kappa shape index (κ3) is 4.28. The first kappa shape index (κ1) is 12.6. The predicted molar refractivity (Wildman–Crippen MR) is 63.1 cm³/mol. The zero-order valence-electron chi connectivity index (χ0n) is 9.32. The topological polar surface area (TPSA) is 59.4 Å². The lowest BCUT2D eigenvalue weighted by Gasteiger charge is -2.20. The summed E-state index contributed by atoms with van der Waals surface area (Å²) in [6.45, 7) is 3.88. The van der Waals surface area contributed by atoms with Gasteiger partial charge in [0, 0.05) is 10.4 Å². The molecule has 15 heavy (non-hydrogen) atoms. The monoisotopic (exact) mass is 229 g/mol. The standard InChI is InChI=1S/C11H19NO2S/c1-9-10(4-6-14-9)15-7-3-5-11(2,12)8-13/h4,6,13H,3,5,7-8,12H2,1-2H3. The second-order valence-electron chi connectivity index (χ2n) is 4.11. The van der Waals surface area contributed by atoms with Gasteiger partial charge in [0.25, 0.3) is 0 Å². The fourth-order valence-corrected chi connectivity index (χ4v) is 2.17. The minimum absolute atomic E-state index is 0.0441. The third-order valence-electron chi connectivity index (χ3n) is 2.32. The van der Waals surface area contributed by atoms with Crippen LogP contribution in [-0.4, -0.2) is 23.0 Å². The smallest absolute Gasteiger partial charge is 0.114 e. The van der Waals surface area contributed by atoms with Gasteiger partial charge in [-0.1, -0.05) is 0 Å². The maximum atomic E-state index is 8.97. The van der Waals surface area contributed by atoms with Gasteiger partial charge in [0.05, 0.1) is 12.9 Å². The molecular formula is C11H19NO2S. The van der Waals surface area contributed by atoms with Gasteiger partial charge in [0.15, 0.2) is 0 Å². The SMILES string of the molecule is Cc1occc1SCCCC(C)(N)CO. The first-order valence-corrected chi connectivity index (χ1v) is 6.10. The molecule has 0 aromatic carbocycles. The summed E-state index contributed by atoms with van der Waals surface area (Å²) in [6, 6.07) is 1.98. The van der Waals surface area contributed by atoms with E-state index < -0.39 is 5.54 Å². The van der Waals surface area contributed by atoms with E-state index in [9.17, 15) is 0 Å². The van der Waals surface area contributed by atoms with Crippen molar-refractivity contribution in [3.63, 3.8) is 0 Å². The maximum Gasteiger partial charge on any atom is 0.114 e. The summed E-state index contributed by atoms with van der Waals surface area (Å²) in [5.74, 6) is 1.98. The molecule has 3 nitrogen and oxygen atoms in total. The van der Waals surface area contributed by atoms with Crippen molar-refractivity contribution in [2.24, 2.45) is 5.73 Å². The fourth-order valence-electron chi connectivity index (χ4n) is 1.26. The molecule has 0 saturated carbocycles. The van der Waals surface area contributed by atoms with E-state index in [-0.39, 0.29) is 6.61 Å². The molecule has 0 saturated heterocycles. The summed E-state index contributed by atoms with van der Waals surface area (Å²) in [5.41, 5.74) is 5.39. The highest BCUT2D eigenvalue weighted by Crippen LogP contribution is 2.24. The minimum atomic E-state index is -0.438. The van der Waals surface area contributed by atoms with E-state index in [1.54, 1.807) is 18.0 Å². The average molecular weight is 229 g/mol. The molecule has 1 unspecified atom stereocenters. The van der Waals surface area contributed by atoms with Crippen LogP contribution in [0.3, 0.4) is 0 Å². The average Bonchev–Trinajstić information content (AvgIpc) is 2.59. The molecule has 4 heteroatoms. The molecule has 86 valence electrons. The van der Waals surface area contributed by atoms with E-state index in [2.05, 4.69) is 0 Å². The van der Waals surface area contributed by atoms with Crippen molar-refractivity contribution in [3.8, 4) is 0 Å². The molecule has 1 aromatic rings. The Morgan fingerprint density at radius 1 is 1.60 bits per heavy atom. The van der Waals surface area contributed by atoms with Gasteiger partial charge < -0.3 is 15.3 Å². The molecule has 0 amide bonds. The first-order chi connectivity index (χ1) is 7.05. The van der Waals surface area contributed by atoms with Crippen LogP contribution in [-0.2, 0) is 0 Å². The van der Waals surface area contributed by atoms with Gasteiger partial charge in [-0.05, 0) is 38.5 Å². The molecule has 0 fully saturated rings. The van der Waals surface area contributed by atoms with Gasteiger partial charge in [0.2, 0.25) is 0 Å². The molecule has 0 aliphatic rings. The van der Waals surface area contributed by atoms with Gasteiger partial charge in [-0.15, -0.1) is 11.8 Å². The Labute approximate surface area is 95.0 Å². The molecular weight excluding hydrogens is 210 g/mol. The molecule has 0 bridgehead atoms. The van der Waals surface area contributed by atoms with Crippen LogP contribution < -0.4 is 5.73 Å². The number of thioether (sulfide) groups is 1. The van der Waals surface area contributed by atoms with Crippen LogP contribution in [0.4, 0.5) is 0 Å². The number of hydrogen-bond acceptors (Lipinski definition) is 4. The van der Waals surface area contributed by atoms with Crippen LogP contribution in [0.15, 0.2) is 21.6 Å². The summed E-state index contributed by atoms with van der Waals surface area (Å²) >= 11 is 1.77. The molecule has 3 N–H and O–H groups in total. The molecule has 1 heterocycles. The van der Waals surface area contributed by atoms with Gasteiger partial charge >= 0.3 is 0 Å². The largest absolute Gasteiger partial charge is 0.468 e. The second-order valence-corrected chi connectivity index (χ2v) is 5.24. The molecule has 0 spiro atoms. The van der Waals surface area contributed by atoms with E-state index >= 15 is 0 Å². The number of hydrogen-bond donors (Lipinski definition) is 2. The Kier molecular flexibility index (Phi) is 4.70. The highest BCUT2D eigenvalue weighted by atomic mass is 32.2. The van der Waals surface area contributed by atoms with E-state index in [0.717, 1.165) is 24.4 Å². The van der Waals surface area contributed by atoms with Gasteiger partial charge in [-0.3, -0.25) is 0 Å². The Bertz CT molecular complexity index is 297. The number of nitrogens with two attached hydrogens (primary N) is 1. The molecule has 0 aliphatic heterocycles. The molecule has 1 rings (SSSR count). The zero-order chi connectivity index (χ0) is 11.3. The molecule has 0 radical (unpaired) electrons. The summed E-state index contributed by atoms with van der Waals surface area (Å²) in [6.07, 6.45) is 3.55. The number of rotatable bonds is 6. The number of aliphatic hydroxyl groups excluding tert-OH is 1. The number of furan rings is 1. The lowest BCUT2D eigenvalue weighted by atomic mass is 9.99. The predicted octanol–water partition coefficient (Wildman–Crippen LogP) is 2.17. The van der Waals surface area contributed by atoms with E-state index in [4.69, 9.17) is 15.3 Å². The number of aryl methyl sites for hydroxylation is 1. The molecule has 1 atom stereocenters. The minimum Gasteiger partial charge on any atom is -0.468 e. The van der Waals surface area contributed by atoms with Crippen LogP contribution in [0, 0.1) is 6.92 Å². The van der Waals surface area contributed by atoms with E-state index in [1.165, 1.54) is 4.90 Å². The summed E-state index contributed by atoms with van der Waals surface area (Å²) in [4.78, 5) is 1.19. The summed E-state index contributed by atoms with van der Waals surface area (Å²) < 4.78 is 5.20. The van der Waals surface area contributed by atoms with Crippen molar-refractivity contribution in [2.45, 2.75) is 37.1 Å². The van der Waals surface area contributed by atoms with Crippen LogP contribution in [0.2, 0.25) is 0 Å². The quantitative estimate of drug-likeness (QED) is 0.580. The highest BCUT2D eigenvalue weighted by molar-refractivity contribution is 7.99. The first-order valence-electron chi connectivity index (χ1n) is 5.12. The van der Waals surface area contributed by atoms with Crippen molar-refractivity contribution in [1.82, 2.24) is 0 Å². The Hall–Kier alpha value is -0.450. The van der Waals surface area contributed by atoms with Gasteiger partial charge in [-0.2, -0.15) is 0 Å². The van der Waals surface area contributed by atoms with Crippen molar-refractivity contribution >= 4 is 11.8 Å². The fraction of sp³-hybridized carbons (Fsp3) is 0.636. The highest BCUT2D eigenvalue weighted by Gasteiger charge is 2.15. The molecule has 0 aliphatic carbocycles. The van der Waals surface area contributed by atoms with Crippen molar-refractivity contribution in [3.05, 3.63) is 18.1 Å². The Morgan fingerprint density at radius 2 is 2.33 bits per heavy atom. The van der Waals surface area contributed by atoms with E-state index in [0.29, 0.717) is 0 Å². The van der Waals surface area contributed by atoms with Gasteiger partial charge in [0.1, 0.15) is 5.76 Å². The van der Waals surface area contributed by atoms with Crippen molar-refractivity contribution < 1.29 is 9.52 Å². The summed E-state index contributed by atoms with van der Waals surface area (Å²) in [7, 11) is 0. The van der Waals surface area contributed by atoms with Crippen molar-refractivity contribution in [1.29, 1.82) is 0 Å². The summed E-state index contributed by atoms with van der Waals surface area (Å²) in [5, 5.41) is 8.97. The second kappa shape index (κ2) is 5.58. The lowest BCUT2D eigenvalue weighted by molar-refractivity contribution is 0.200. The molecule has 1 aromatic heterocycles. The zero-order valence-corrected chi connectivity index (χ0v) is 10.1. The van der Waals surface area contributed by atoms with E-state index in [1.807, 2.05) is 19.9 Å². The van der Waals surface area contributed by atoms with Crippen molar-refractivity contribution in [2.75, 3.05) is 12.4 Å². The van der Waals surface area contributed by atoms with Crippen LogP contribution in [0.25, 0.3) is 0 Å². The Morgan fingerprint density at radius 3 is 2.87 bits per heavy atom. The normalized spacial score (nSPS) is 15.2.